The van der Waals surface area contributed by atoms with Crippen LogP contribution in [-0.2, 0) is 0 Å². The SMILES string of the molecule is COc1cc(Nc2nc3c(C4C=NNC4)nccn3n2)cc(OC)c1. The Labute approximate surface area is 143 Å². The highest BCUT2D eigenvalue weighted by atomic mass is 16.5. The molecule has 0 bridgehead atoms. The van der Waals surface area contributed by atoms with Crippen molar-refractivity contribution in [2.24, 2.45) is 5.10 Å². The van der Waals surface area contributed by atoms with Gasteiger partial charge in [0.2, 0.25) is 5.95 Å². The molecule has 9 nitrogen and oxygen atoms in total. The van der Waals surface area contributed by atoms with E-state index in [9.17, 15) is 0 Å². The molecule has 9 heteroatoms. The van der Waals surface area contributed by atoms with Crippen LogP contribution in [0, 0.1) is 0 Å². The zero-order valence-corrected chi connectivity index (χ0v) is 13.8. The monoisotopic (exact) mass is 339 g/mol. The van der Waals surface area contributed by atoms with E-state index in [4.69, 9.17) is 9.47 Å². The lowest BCUT2D eigenvalue weighted by Crippen LogP contribution is -2.11. The molecule has 0 fully saturated rings. The number of aromatic nitrogens is 4. The van der Waals surface area contributed by atoms with Gasteiger partial charge in [-0.05, 0) is 0 Å². The summed E-state index contributed by atoms with van der Waals surface area (Å²) in [4.78, 5) is 9.01. The number of ether oxygens (including phenoxy) is 2. The van der Waals surface area contributed by atoms with Gasteiger partial charge in [0.25, 0.3) is 0 Å². The van der Waals surface area contributed by atoms with Crippen LogP contribution in [0.5, 0.6) is 11.5 Å². The molecule has 0 saturated heterocycles. The van der Waals surface area contributed by atoms with Crippen LogP contribution >= 0.6 is 0 Å². The van der Waals surface area contributed by atoms with Crippen molar-refractivity contribution in [3.8, 4) is 11.5 Å². The van der Waals surface area contributed by atoms with E-state index < -0.39 is 0 Å². The quantitative estimate of drug-likeness (QED) is 0.728. The largest absolute Gasteiger partial charge is 0.497 e. The first-order valence-corrected chi connectivity index (χ1v) is 7.74. The van der Waals surface area contributed by atoms with Crippen molar-refractivity contribution in [2.75, 3.05) is 26.1 Å². The van der Waals surface area contributed by atoms with Crippen molar-refractivity contribution in [1.82, 2.24) is 25.0 Å². The van der Waals surface area contributed by atoms with Crippen molar-refractivity contribution in [3.63, 3.8) is 0 Å². The average molecular weight is 339 g/mol. The number of hydrogen-bond acceptors (Lipinski definition) is 8. The van der Waals surface area contributed by atoms with Crippen LogP contribution in [0.2, 0.25) is 0 Å². The van der Waals surface area contributed by atoms with Gasteiger partial charge in [-0.3, -0.25) is 4.98 Å². The molecule has 128 valence electrons. The van der Waals surface area contributed by atoms with Gasteiger partial charge in [0.15, 0.2) is 5.65 Å². The molecule has 1 aromatic carbocycles. The molecule has 0 saturated carbocycles. The second-order valence-electron chi connectivity index (χ2n) is 5.49. The van der Waals surface area contributed by atoms with Crippen LogP contribution in [0.3, 0.4) is 0 Å². The lowest BCUT2D eigenvalue weighted by Gasteiger charge is -2.08. The summed E-state index contributed by atoms with van der Waals surface area (Å²) in [6.45, 7) is 0.704. The van der Waals surface area contributed by atoms with Crippen LogP contribution in [0.1, 0.15) is 11.6 Å². The number of fused-ring (bicyclic) bond motifs is 1. The van der Waals surface area contributed by atoms with E-state index in [0.29, 0.717) is 29.6 Å². The summed E-state index contributed by atoms with van der Waals surface area (Å²) in [5.41, 5.74) is 5.23. The Kier molecular flexibility index (Phi) is 3.81. The minimum atomic E-state index is 0.0812. The third-order valence-corrected chi connectivity index (χ3v) is 3.90. The van der Waals surface area contributed by atoms with Crippen molar-refractivity contribution >= 4 is 23.5 Å². The number of anilines is 2. The molecule has 4 rings (SSSR count). The van der Waals surface area contributed by atoms with Gasteiger partial charge in [-0.2, -0.15) is 10.1 Å². The van der Waals surface area contributed by atoms with E-state index >= 15 is 0 Å². The third-order valence-electron chi connectivity index (χ3n) is 3.90. The van der Waals surface area contributed by atoms with Crippen molar-refractivity contribution in [1.29, 1.82) is 0 Å². The molecule has 0 radical (unpaired) electrons. The van der Waals surface area contributed by atoms with E-state index in [2.05, 4.69) is 30.9 Å². The van der Waals surface area contributed by atoms with E-state index in [0.717, 1.165) is 11.4 Å². The zero-order chi connectivity index (χ0) is 17.2. The molecule has 0 aliphatic carbocycles. The summed E-state index contributed by atoms with van der Waals surface area (Å²) in [6.07, 6.45) is 5.31. The lowest BCUT2D eigenvalue weighted by atomic mass is 10.1. The predicted molar refractivity (Wildman–Crippen MR) is 92.8 cm³/mol. The highest BCUT2D eigenvalue weighted by Crippen LogP contribution is 2.27. The van der Waals surface area contributed by atoms with Gasteiger partial charge in [-0.25, -0.2) is 4.52 Å². The number of hydrazone groups is 1. The van der Waals surface area contributed by atoms with E-state index in [-0.39, 0.29) is 5.92 Å². The van der Waals surface area contributed by atoms with Crippen molar-refractivity contribution in [2.45, 2.75) is 5.92 Å². The first-order chi connectivity index (χ1) is 12.3. The number of rotatable bonds is 5. The fourth-order valence-electron chi connectivity index (χ4n) is 2.67. The molecular weight excluding hydrogens is 322 g/mol. The number of benzene rings is 1. The Balaban J connectivity index is 1.68. The Hall–Kier alpha value is -3.36. The van der Waals surface area contributed by atoms with Crippen LogP contribution in [0.25, 0.3) is 5.65 Å². The normalized spacial score (nSPS) is 16.0. The Morgan fingerprint density at radius 2 is 2.00 bits per heavy atom. The highest BCUT2D eigenvalue weighted by molar-refractivity contribution is 5.72. The van der Waals surface area contributed by atoms with Gasteiger partial charge in [-0.15, -0.1) is 5.10 Å². The zero-order valence-electron chi connectivity index (χ0n) is 13.8. The topological polar surface area (TPSA) is 98.0 Å². The fraction of sp³-hybridized carbons (Fsp3) is 0.250. The van der Waals surface area contributed by atoms with Gasteiger partial charge in [0.1, 0.15) is 11.5 Å². The maximum Gasteiger partial charge on any atom is 0.247 e. The summed E-state index contributed by atoms with van der Waals surface area (Å²) in [5.74, 6) is 1.91. The minimum Gasteiger partial charge on any atom is -0.497 e. The lowest BCUT2D eigenvalue weighted by molar-refractivity contribution is 0.395. The van der Waals surface area contributed by atoms with Gasteiger partial charge in [0, 0.05) is 49.0 Å². The molecular formula is C16H17N7O2. The van der Waals surface area contributed by atoms with Gasteiger partial charge in [-0.1, -0.05) is 0 Å². The predicted octanol–water partition coefficient (Wildman–Crippen LogP) is 1.56. The summed E-state index contributed by atoms with van der Waals surface area (Å²) < 4.78 is 12.3. The molecule has 1 atom stereocenters. The van der Waals surface area contributed by atoms with Crippen LogP contribution < -0.4 is 20.2 Å². The first-order valence-electron chi connectivity index (χ1n) is 7.74. The number of hydrogen-bond donors (Lipinski definition) is 2. The van der Waals surface area contributed by atoms with Gasteiger partial charge < -0.3 is 20.2 Å². The van der Waals surface area contributed by atoms with Crippen LogP contribution in [0.4, 0.5) is 11.6 Å². The van der Waals surface area contributed by atoms with Crippen LogP contribution in [-0.4, -0.2) is 46.6 Å². The molecule has 1 aliphatic heterocycles. The average Bonchev–Trinajstić information content (AvgIpc) is 3.30. The van der Waals surface area contributed by atoms with E-state index in [1.807, 2.05) is 18.3 Å². The molecule has 0 spiro atoms. The molecule has 3 aromatic rings. The molecule has 1 unspecified atom stereocenters. The molecule has 25 heavy (non-hydrogen) atoms. The molecule has 3 heterocycles. The van der Waals surface area contributed by atoms with Gasteiger partial charge in [0.05, 0.1) is 25.8 Å². The molecule has 1 aliphatic rings. The summed E-state index contributed by atoms with van der Waals surface area (Å²) in [5, 5.41) is 11.7. The summed E-state index contributed by atoms with van der Waals surface area (Å²) in [6, 6.07) is 5.50. The highest BCUT2D eigenvalue weighted by Gasteiger charge is 2.20. The Morgan fingerprint density at radius 1 is 1.20 bits per heavy atom. The second kappa shape index (κ2) is 6.27. The second-order valence-corrected chi connectivity index (χ2v) is 5.49. The number of nitrogens with zero attached hydrogens (tertiary/aromatic N) is 5. The smallest absolute Gasteiger partial charge is 0.247 e. The minimum absolute atomic E-state index is 0.0812. The Bertz CT molecular complexity index is 915. The summed E-state index contributed by atoms with van der Waals surface area (Å²) >= 11 is 0. The molecule has 2 aromatic heterocycles. The fourth-order valence-corrected chi connectivity index (χ4v) is 2.67. The number of methoxy groups -OCH3 is 2. The maximum atomic E-state index is 5.28. The third kappa shape index (κ3) is 2.91. The summed E-state index contributed by atoms with van der Waals surface area (Å²) in [7, 11) is 3.22. The van der Waals surface area contributed by atoms with E-state index in [1.165, 1.54) is 0 Å². The van der Waals surface area contributed by atoms with Gasteiger partial charge >= 0.3 is 0 Å². The van der Waals surface area contributed by atoms with Crippen molar-refractivity contribution in [3.05, 3.63) is 36.3 Å². The standard InChI is InChI=1S/C16H17N7O2/c1-24-12-5-11(6-13(7-12)25-2)20-16-21-15-14(10-8-18-19-9-10)17-3-4-23(15)22-16/h3-8,10,19H,9H2,1-2H3,(H,20,22). The molecule has 2 N–H and O–H groups in total. The van der Waals surface area contributed by atoms with Crippen LogP contribution in [0.15, 0.2) is 35.7 Å². The number of nitrogens with one attached hydrogen (secondary N) is 2. The maximum absolute atomic E-state index is 5.28. The first kappa shape index (κ1) is 15.2. The Morgan fingerprint density at radius 3 is 2.68 bits per heavy atom. The van der Waals surface area contributed by atoms with E-state index in [1.54, 1.807) is 37.2 Å². The van der Waals surface area contributed by atoms with Crippen molar-refractivity contribution < 1.29 is 9.47 Å². The molecule has 0 amide bonds.